The molecule has 2 rings (SSSR count). The number of aromatic nitrogens is 2. The van der Waals surface area contributed by atoms with Gasteiger partial charge in [-0.2, -0.15) is 5.10 Å². The van der Waals surface area contributed by atoms with Crippen molar-refractivity contribution in [3.63, 3.8) is 0 Å². The molecule has 2 aromatic rings. The van der Waals surface area contributed by atoms with Gasteiger partial charge in [0.25, 0.3) is 5.91 Å². The minimum absolute atomic E-state index is 0.202. The van der Waals surface area contributed by atoms with Crippen LogP contribution in [0.15, 0.2) is 28.9 Å². The summed E-state index contributed by atoms with van der Waals surface area (Å²) in [6, 6.07) is 5.89. The molecule has 4 nitrogen and oxygen atoms in total. The van der Waals surface area contributed by atoms with E-state index < -0.39 is 0 Å². The highest BCUT2D eigenvalue weighted by molar-refractivity contribution is 9.10. The Morgan fingerprint density at radius 3 is 2.53 bits per heavy atom. The predicted molar refractivity (Wildman–Crippen MR) is 70.2 cm³/mol. The molecule has 17 heavy (non-hydrogen) atoms. The summed E-state index contributed by atoms with van der Waals surface area (Å²) in [5, 5.41) is 9.33. The zero-order valence-corrected chi connectivity index (χ0v) is 11.1. The summed E-state index contributed by atoms with van der Waals surface area (Å²) < 4.78 is 0.654. The van der Waals surface area contributed by atoms with Crippen molar-refractivity contribution in [2.75, 3.05) is 5.32 Å². The lowest BCUT2D eigenvalue weighted by atomic mass is 10.1. The highest BCUT2D eigenvalue weighted by Gasteiger charge is 2.13. The summed E-state index contributed by atoms with van der Waals surface area (Å²) >= 11 is 3.26. The van der Waals surface area contributed by atoms with E-state index in [1.165, 1.54) is 0 Å². The Kier molecular flexibility index (Phi) is 3.28. The molecule has 88 valence electrons. The number of nitrogens with one attached hydrogen (secondary N) is 2. The number of para-hydroxylation sites is 1. The molecule has 1 aromatic heterocycles. The molecule has 5 heteroatoms. The van der Waals surface area contributed by atoms with Gasteiger partial charge >= 0.3 is 0 Å². The maximum atomic E-state index is 12.0. The minimum atomic E-state index is -0.202. The van der Waals surface area contributed by atoms with Crippen molar-refractivity contribution in [3.8, 4) is 0 Å². The average Bonchev–Trinajstić information content (AvgIpc) is 2.70. The number of anilines is 1. The highest BCUT2D eigenvalue weighted by atomic mass is 79.9. The number of hydrogen-bond donors (Lipinski definition) is 2. The first-order valence-corrected chi connectivity index (χ1v) is 5.95. The number of halogens is 1. The zero-order chi connectivity index (χ0) is 12.4. The lowest BCUT2D eigenvalue weighted by molar-refractivity contribution is 0.102. The Hall–Kier alpha value is -1.62. The predicted octanol–water partition coefficient (Wildman–Crippen LogP) is 3.04. The number of H-pyrrole nitrogens is 1. The average molecular weight is 294 g/mol. The van der Waals surface area contributed by atoms with E-state index in [2.05, 4.69) is 31.4 Å². The summed E-state index contributed by atoms with van der Waals surface area (Å²) in [5.74, 6) is -0.202. The van der Waals surface area contributed by atoms with E-state index in [1.807, 2.05) is 32.0 Å². The molecule has 0 fully saturated rings. The molecular formula is C12H12BrN3O. The molecule has 1 aromatic carbocycles. The number of aryl methyl sites for hydroxylation is 2. The van der Waals surface area contributed by atoms with Gasteiger partial charge in [0, 0.05) is 5.69 Å². The van der Waals surface area contributed by atoms with Gasteiger partial charge in [-0.05, 0) is 40.9 Å². The van der Waals surface area contributed by atoms with Crippen LogP contribution >= 0.6 is 15.9 Å². The number of benzene rings is 1. The van der Waals surface area contributed by atoms with Crippen molar-refractivity contribution in [1.82, 2.24) is 10.2 Å². The van der Waals surface area contributed by atoms with Gasteiger partial charge in [-0.25, -0.2) is 0 Å². The maximum absolute atomic E-state index is 12.0. The van der Waals surface area contributed by atoms with Crippen molar-refractivity contribution in [3.05, 3.63) is 45.7 Å². The summed E-state index contributed by atoms with van der Waals surface area (Å²) in [6.07, 6.45) is 1.56. The van der Waals surface area contributed by atoms with Crippen LogP contribution in [-0.2, 0) is 0 Å². The summed E-state index contributed by atoms with van der Waals surface area (Å²) in [5.41, 5.74) is 3.34. The SMILES string of the molecule is Cc1cccc(C)c1NC(=O)c1[nH]ncc1Br. The third kappa shape index (κ3) is 2.39. The van der Waals surface area contributed by atoms with Crippen molar-refractivity contribution in [2.24, 2.45) is 0 Å². The highest BCUT2D eigenvalue weighted by Crippen LogP contribution is 2.21. The Labute approximate surface area is 108 Å². The van der Waals surface area contributed by atoms with Crippen LogP contribution in [0.5, 0.6) is 0 Å². The molecule has 1 heterocycles. The van der Waals surface area contributed by atoms with E-state index in [4.69, 9.17) is 0 Å². The van der Waals surface area contributed by atoms with Crippen LogP contribution in [0.25, 0.3) is 0 Å². The largest absolute Gasteiger partial charge is 0.320 e. The number of carbonyl (C=O) groups is 1. The number of aromatic amines is 1. The second-order valence-corrected chi connectivity index (χ2v) is 4.67. The summed E-state index contributed by atoms with van der Waals surface area (Å²) in [4.78, 5) is 12.0. The molecular weight excluding hydrogens is 282 g/mol. The fraction of sp³-hybridized carbons (Fsp3) is 0.167. The summed E-state index contributed by atoms with van der Waals surface area (Å²) in [7, 11) is 0. The molecule has 0 bridgehead atoms. The number of carbonyl (C=O) groups excluding carboxylic acids is 1. The van der Waals surface area contributed by atoms with Gasteiger partial charge in [0.2, 0.25) is 0 Å². The second kappa shape index (κ2) is 4.71. The van der Waals surface area contributed by atoms with E-state index >= 15 is 0 Å². The first-order valence-electron chi connectivity index (χ1n) is 5.16. The monoisotopic (exact) mass is 293 g/mol. The minimum Gasteiger partial charge on any atom is -0.320 e. The Balaban J connectivity index is 2.28. The molecule has 0 aliphatic heterocycles. The molecule has 1 amide bonds. The normalized spacial score (nSPS) is 10.3. The second-order valence-electron chi connectivity index (χ2n) is 3.81. The van der Waals surface area contributed by atoms with Gasteiger partial charge in [0.15, 0.2) is 0 Å². The third-order valence-corrected chi connectivity index (χ3v) is 3.14. The topological polar surface area (TPSA) is 57.8 Å². The van der Waals surface area contributed by atoms with E-state index in [9.17, 15) is 4.79 Å². The molecule has 0 saturated carbocycles. The third-order valence-electron chi connectivity index (χ3n) is 2.54. The van der Waals surface area contributed by atoms with Crippen LogP contribution < -0.4 is 5.32 Å². The van der Waals surface area contributed by atoms with E-state index in [0.717, 1.165) is 16.8 Å². The Morgan fingerprint density at radius 1 is 1.35 bits per heavy atom. The molecule has 0 unspecified atom stereocenters. The molecule has 2 N–H and O–H groups in total. The van der Waals surface area contributed by atoms with Crippen LogP contribution in [0.2, 0.25) is 0 Å². The van der Waals surface area contributed by atoms with Crippen molar-refractivity contribution < 1.29 is 4.79 Å². The lowest BCUT2D eigenvalue weighted by Crippen LogP contribution is -2.14. The van der Waals surface area contributed by atoms with Gasteiger partial charge in [-0.3, -0.25) is 9.89 Å². The number of hydrogen-bond acceptors (Lipinski definition) is 2. The fourth-order valence-corrected chi connectivity index (χ4v) is 1.99. The molecule has 0 spiro atoms. The number of rotatable bonds is 2. The maximum Gasteiger partial charge on any atom is 0.274 e. The van der Waals surface area contributed by atoms with Crippen LogP contribution in [0, 0.1) is 13.8 Å². The molecule has 0 radical (unpaired) electrons. The lowest BCUT2D eigenvalue weighted by Gasteiger charge is -2.10. The number of nitrogens with zero attached hydrogens (tertiary/aromatic N) is 1. The Morgan fingerprint density at radius 2 is 2.00 bits per heavy atom. The van der Waals surface area contributed by atoms with Gasteiger partial charge < -0.3 is 5.32 Å². The quantitative estimate of drug-likeness (QED) is 0.894. The van der Waals surface area contributed by atoms with Crippen LogP contribution in [0.3, 0.4) is 0 Å². The molecule has 0 atom stereocenters. The van der Waals surface area contributed by atoms with Crippen molar-refractivity contribution >= 4 is 27.5 Å². The number of amides is 1. The van der Waals surface area contributed by atoms with Crippen molar-refractivity contribution in [2.45, 2.75) is 13.8 Å². The molecule has 0 saturated heterocycles. The first-order chi connectivity index (χ1) is 8.09. The van der Waals surface area contributed by atoms with E-state index in [1.54, 1.807) is 6.20 Å². The van der Waals surface area contributed by atoms with E-state index in [-0.39, 0.29) is 5.91 Å². The van der Waals surface area contributed by atoms with Gasteiger partial charge in [-0.15, -0.1) is 0 Å². The van der Waals surface area contributed by atoms with E-state index in [0.29, 0.717) is 10.2 Å². The first kappa shape index (κ1) is 11.9. The van der Waals surface area contributed by atoms with Gasteiger partial charge in [-0.1, -0.05) is 18.2 Å². The standard InChI is InChI=1S/C12H12BrN3O/c1-7-4-3-5-8(2)10(7)15-12(17)11-9(13)6-14-16-11/h3-6H,1-2H3,(H,14,16)(H,15,17). The van der Waals surface area contributed by atoms with Crippen molar-refractivity contribution in [1.29, 1.82) is 0 Å². The van der Waals surface area contributed by atoms with Gasteiger partial charge in [0.1, 0.15) is 5.69 Å². The smallest absolute Gasteiger partial charge is 0.274 e. The van der Waals surface area contributed by atoms with Crippen LogP contribution in [0.1, 0.15) is 21.6 Å². The summed E-state index contributed by atoms with van der Waals surface area (Å²) in [6.45, 7) is 3.93. The van der Waals surface area contributed by atoms with Crippen LogP contribution in [-0.4, -0.2) is 16.1 Å². The molecule has 0 aliphatic carbocycles. The zero-order valence-electron chi connectivity index (χ0n) is 9.54. The van der Waals surface area contributed by atoms with Crippen LogP contribution in [0.4, 0.5) is 5.69 Å². The van der Waals surface area contributed by atoms with Gasteiger partial charge in [0.05, 0.1) is 10.7 Å². The Bertz CT molecular complexity index is 542. The fourth-order valence-electron chi connectivity index (χ4n) is 1.62. The molecule has 0 aliphatic rings.